The van der Waals surface area contributed by atoms with E-state index in [2.05, 4.69) is 0 Å². The summed E-state index contributed by atoms with van der Waals surface area (Å²) in [4.78, 5) is 24.1. The minimum Gasteiger partial charge on any atom is -0.294 e. The van der Waals surface area contributed by atoms with Gasteiger partial charge in [0.25, 0.3) is 0 Å². The minimum atomic E-state index is -0.360. The van der Waals surface area contributed by atoms with E-state index in [9.17, 15) is 14.0 Å². The SMILES string of the molecule is CC(=O)/C(=C/c1ccc(F)cc1)C(=O)c1ccc(C)cc1. The number of hydrogen-bond acceptors (Lipinski definition) is 2. The molecule has 0 unspecified atom stereocenters. The van der Waals surface area contributed by atoms with Gasteiger partial charge in [0.05, 0.1) is 5.57 Å². The third-order valence-electron chi connectivity index (χ3n) is 3.12. The first-order valence-electron chi connectivity index (χ1n) is 6.57. The zero-order chi connectivity index (χ0) is 15.4. The molecule has 0 aliphatic carbocycles. The average molecular weight is 282 g/mol. The van der Waals surface area contributed by atoms with Crippen LogP contribution in [0.3, 0.4) is 0 Å². The third-order valence-corrected chi connectivity index (χ3v) is 3.12. The number of ketones is 2. The minimum absolute atomic E-state index is 0.0884. The molecule has 0 aliphatic heterocycles. The Balaban J connectivity index is 2.39. The quantitative estimate of drug-likeness (QED) is 0.368. The molecule has 0 aliphatic rings. The first-order chi connectivity index (χ1) is 9.97. The summed E-state index contributed by atoms with van der Waals surface area (Å²) in [7, 11) is 0. The lowest BCUT2D eigenvalue weighted by molar-refractivity contribution is -0.113. The van der Waals surface area contributed by atoms with Gasteiger partial charge >= 0.3 is 0 Å². The zero-order valence-corrected chi connectivity index (χ0v) is 11.9. The van der Waals surface area contributed by atoms with E-state index in [1.807, 2.05) is 19.1 Å². The zero-order valence-electron chi connectivity index (χ0n) is 11.9. The Labute approximate surface area is 122 Å². The summed E-state index contributed by atoms with van der Waals surface area (Å²) < 4.78 is 12.9. The van der Waals surface area contributed by atoms with Crippen molar-refractivity contribution in [3.05, 3.63) is 76.6 Å². The van der Waals surface area contributed by atoms with Crippen LogP contribution in [0.2, 0.25) is 0 Å². The van der Waals surface area contributed by atoms with E-state index in [0.29, 0.717) is 11.1 Å². The maximum atomic E-state index is 12.9. The number of rotatable bonds is 4. The van der Waals surface area contributed by atoms with Crippen molar-refractivity contribution in [3.8, 4) is 0 Å². The maximum absolute atomic E-state index is 12.9. The van der Waals surface area contributed by atoms with Crippen molar-refractivity contribution < 1.29 is 14.0 Å². The molecule has 0 amide bonds. The van der Waals surface area contributed by atoms with Crippen LogP contribution in [-0.2, 0) is 4.79 Å². The van der Waals surface area contributed by atoms with Crippen molar-refractivity contribution in [2.75, 3.05) is 0 Å². The Bertz CT molecular complexity index is 695. The molecule has 0 aromatic heterocycles. The van der Waals surface area contributed by atoms with E-state index < -0.39 is 0 Å². The molecule has 2 aromatic carbocycles. The predicted octanol–water partition coefficient (Wildman–Crippen LogP) is 3.99. The summed E-state index contributed by atoms with van der Waals surface area (Å²) in [6, 6.07) is 12.7. The van der Waals surface area contributed by atoms with Crippen LogP contribution >= 0.6 is 0 Å². The second-order valence-electron chi connectivity index (χ2n) is 4.86. The monoisotopic (exact) mass is 282 g/mol. The molecule has 0 heterocycles. The van der Waals surface area contributed by atoms with Gasteiger partial charge in [-0.2, -0.15) is 0 Å². The molecule has 21 heavy (non-hydrogen) atoms. The molecule has 0 radical (unpaired) electrons. The average Bonchev–Trinajstić information content (AvgIpc) is 2.46. The van der Waals surface area contributed by atoms with Crippen molar-refractivity contribution in [2.45, 2.75) is 13.8 Å². The van der Waals surface area contributed by atoms with Gasteiger partial charge in [-0.25, -0.2) is 4.39 Å². The number of hydrogen-bond donors (Lipinski definition) is 0. The highest BCUT2D eigenvalue weighted by atomic mass is 19.1. The normalized spacial score (nSPS) is 11.3. The molecule has 0 bridgehead atoms. The summed E-state index contributed by atoms with van der Waals surface area (Å²) in [6.07, 6.45) is 1.49. The van der Waals surface area contributed by atoms with Crippen LogP contribution in [-0.4, -0.2) is 11.6 Å². The van der Waals surface area contributed by atoms with Gasteiger partial charge in [0, 0.05) is 5.56 Å². The first kappa shape index (κ1) is 14.9. The fraction of sp³-hybridized carbons (Fsp3) is 0.111. The fourth-order valence-corrected chi connectivity index (χ4v) is 1.91. The second-order valence-corrected chi connectivity index (χ2v) is 4.86. The number of carbonyl (C=O) groups excluding carboxylic acids is 2. The van der Waals surface area contributed by atoms with Gasteiger partial charge in [0.15, 0.2) is 11.6 Å². The van der Waals surface area contributed by atoms with E-state index >= 15 is 0 Å². The number of Topliss-reactive ketones (excluding diaryl/α,β-unsaturated/α-hetero) is 2. The van der Waals surface area contributed by atoms with Gasteiger partial charge in [0.1, 0.15) is 5.82 Å². The summed E-state index contributed by atoms with van der Waals surface area (Å²) in [5.41, 5.74) is 2.20. The molecule has 2 aromatic rings. The third kappa shape index (κ3) is 3.72. The molecule has 0 spiro atoms. The maximum Gasteiger partial charge on any atom is 0.196 e. The van der Waals surface area contributed by atoms with Gasteiger partial charge < -0.3 is 0 Å². The van der Waals surface area contributed by atoms with E-state index in [4.69, 9.17) is 0 Å². The molecule has 0 saturated heterocycles. The first-order valence-corrected chi connectivity index (χ1v) is 6.57. The van der Waals surface area contributed by atoms with E-state index in [0.717, 1.165) is 5.56 Å². The summed E-state index contributed by atoms with van der Waals surface area (Å²) in [5.74, 6) is -1.00. The number of halogens is 1. The van der Waals surface area contributed by atoms with Crippen molar-refractivity contribution in [1.29, 1.82) is 0 Å². The number of carbonyl (C=O) groups is 2. The van der Waals surface area contributed by atoms with Crippen LogP contribution in [0.25, 0.3) is 6.08 Å². The second kappa shape index (κ2) is 6.27. The Morgan fingerprint density at radius 1 is 0.952 bits per heavy atom. The van der Waals surface area contributed by atoms with Gasteiger partial charge in [0.2, 0.25) is 0 Å². The van der Waals surface area contributed by atoms with E-state index in [-0.39, 0.29) is 23.0 Å². The Kier molecular flexibility index (Phi) is 4.43. The van der Waals surface area contributed by atoms with Gasteiger partial charge in [-0.15, -0.1) is 0 Å². The number of benzene rings is 2. The van der Waals surface area contributed by atoms with Crippen molar-refractivity contribution in [2.24, 2.45) is 0 Å². The lowest BCUT2D eigenvalue weighted by atomic mass is 9.97. The van der Waals surface area contributed by atoms with Gasteiger partial charge in [-0.1, -0.05) is 42.0 Å². The Morgan fingerprint density at radius 2 is 1.52 bits per heavy atom. The lowest BCUT2D eigenvalue weighted by Gasteiger charge is -2.04. The smallest absolute Gasteiger partial charge is 0.196 e. The van der Waals surface area contributed by atoms with Crippen LogP contribution in [0.4, 0.5) is 4.39 Å². The lowest BCUT2D eigenvalue weighted by Crippen LogP contribution is -2.10. The summed E-state index contributed by atoms with van der Waals surface area (Å²) >= 11 is 0. The number of aryl methyl sites for hydroxylation is 1. The number of allylic oxidation sites excluding steroid dienone is 1. The van der Waals surface area contributed by atoms with Crippen LogP contribution in [0.15, 0.2) is 54.1 Å². The molecular weight excluding hydrogens is 267 g/mol. The topological polar surface area (TPSA) is 34.1 Å². The molecule has 2 nitrogen and oxygen atoms in total. The highest BCUT2D eigenvalue weighted by Gasteiger charge is 2.16. The summed E-state index contributed by atoms with van der Waals surface area (Å²) in [6.45, 7) is 3.27. The fourth-order valence-electron chi connectivity index (χ4n) is 1.91. The molecule has 0 saturated carbocycles. The van der Waals surface area contributed by atoms with Crippen LogP contribution < -0.4 is 0 Å². The highest BCUT2D eigenvalue weighted by Crippen LogP contribution is 2.15. The van der Waals surface area contributed by atoms with Gasteiger partial charge in [-0.05, 0) is 37.6 Å². The highest BCUT2D eigenvalue weighted by molar-refractivity contribution is 6.28. The molecule has 0 N–H and O–H groups in total. The van der Waals surface area contributed by atoms with E-state index in [1.165, 1.54) is 37.3 Å². The van der Waals surface area contributed by atoms with Crippen molar-refractivity contribution >= 4 is 17.6 Å². The van der Waals surface area contributed by atoms with Crippen LogP contribution in [0.1, 0.15) is 28.4 Å². The molecule has 0 atom stereocenters. The van der Waals surface area contributed by atoms with Crippen molar-refractivity contribution in [3.63, 3.8) is 0 Å². The standard InChI is InChI=1S/C18H15FO2/c1-12-3-7-15(8-4-12)18(21)17(13(2)20)11-14-5-9-16(19)10-6-14/h3-11H,1-2H3/b17-11-. The largest absolute Gasteiger partial charge is 0.294 e. The summed E-state index contributed by atoms with van der Waals surface area (Å²) in [5, 5.41) is 0. The molecule has 0 fully saturated rings. The van der Waals surface area contributed by atoms with E-state index in [1.54, 1.807) is 12.1 Å². The Hall–Kier alpha value is -2.55. The van der Waals surface area contributed by atoms with Crippen molar-refractivity contribution in [1.82, 2.24) is 0 Å². The predicted molar refractivity (Wildman–Crippen MR) is 80.6 cm³/mol. The molecular formula is C18H15FO2. The van der Waals surface area contributed by atoms with Gasteiger partial charge in [-0.3, -0.25) is 9.59 Å². The van der Waals surface area contributed by atoms with Crippen LogP contribution in [0.5, 0.6) is 0 Å². The van der Waals surface area contributed by atoms with Crippen LogP contribution in [0, 0.1) is 12.7 Å². The molecule has 106 valence electrons. The Morgan fingerprint density at radius 3 is 2.05 bits per heavy atom. The molecule has 2 rings (SSSR count). The molecule has 3 heteroatoms.